The first-order chi connectivity index (χ1) is 10.6. The van der Waals surface area contributed by atoms with E-state index < -0.39 is 5.97 Å². The molecule has 0 bridgehead atoms. The molecule has 3 rings (SSSR count). The van der Waals surface area contributed by atoms with Gasteiger partial charge in [0.1, 0.15) is 12.2 Å². The van der Waals surface area contributed by atoms with Crippen LogP contribution < -0.4 is 14.8 Å². The summed E-state index contributed by atoms with van der Waals surface area (Å²) in [5.74, 6) is 0.361. The van der Waals surface area contributed by atoms with E-state index in [2.05, 4.69) is 10.1 Å². The van der Waals surface area contributed by atoms with Gasteiger partial charge in [-0.05, 0) is 36.0 Å². The van der Waals surface area contributed by atoms with Gasteiger partial charge in [0.2, 0.25) is 6.79 Å². The Morgan fingerprint density at radius 2 is 2.23 bits per heavy atom. The zero-order chi connectivity index (χ0) is 15.7. The second kappa shape index (κ2) is 5.64. The summed E-state index contributed by atoms with van der Waals surface area (Å²) in [6, 6.07) is 5.32. The molecule has 0 saturated carbocycles. The van der Waals surface area contributed by atoms with Crippen molar-refractivity contribution >= 4 is 35.3 Å². The van der Waals surface area contributed by atoms with Gasteiger partial charge < -0.3 is 19.5 Å². The van der Waals surface area contributed by atoms with Crippen LogP contribution in [0.5, 0.6) is 11.5 Å². The van der Waals surface area contributed by atoms with E-state index in [4.69, 9.17) is 21.7 Å². The summed E-state index contributed by atoms with van der Waals surface area (Å²) in [5, 5.41) is 2.96. The van der Waals surface area contributed by atoms with Crippen molar-refractivity contribution in [2.45, 2.75) is 0 Å². The van der Waals surface area contributed by atoms with Crippen molar-refractivity contribution in [3.8, 4) is 11.5 Å². The number of rotatable bonds is 3. The van der Waals surface area contributed by atoms with E-state index in [0.717, 1.165) is 10.5 Å². The van der Waals surface area contributed by atoms with Gasteiger partial charge in [0.05, 0.1) is 7.11 Å². The zero-order valence-corrected chi connectivity index (χ0v) is 12.4. The summed E-state index contributed by atoms with van der Waals surface area (Å²) in [7, 11) is 1.25. The standard InChI is InChI=1S/C14H12N2O5S/c1-19-12(17)6-16-13(18)9(15-14(16)22)4-8-2-3-10-11(5-8)21-7-20-10/h2-5H,6-7H2,1H3,(H,15,22)/b9-4-. The van der Waals surface area contributed by atoms with Crippen LogP contribution in [0.25, 0.3) is 6.08 Å². The molecule has 0 aromatic heterocycles. The molecule has 0 atom stereocenters. The molecule has 0 unspecified atom stereocenters. The number of carbonyl (C=O) groups is 2. The number of amides is 1. The van der Waals surface area contributed by atoms with Crippen LogP contribution in [0.2, 0.25) is 0 Å². The van der Waals surface area contributed by atoms with Gasteiger partial charge in [0.15, 0.2) is 16.6 Å². The highest BCUT2D eigenvalue weighted by Crippen LogP contribution is 2.33. The molecule has 114 valence electrons. The van der Waals surface area contributed by atoms with Crippen LogP contribution in [0.3, 0.4) is 0 Å². The monoisotopic (exact) mass is 320 g/mol. The second-order valence-corrected chi connectivity index (χ2v) is 4.95. The summed E-state index contributed by atoms with van der Waals surface area (Å²) >= 11 is 5.06. The van der Waals surface area contributed by atoms with Gasteiger partial charge >= 0.3 is 5.97 Å². The van der Waals surface area contributed by atoms with Gasteiger partial charge in [-0.2, -0.15) is 0 Å². The molecular formula is C14H12N2O5S. The topological polar surface area (TPSA) is 77.1 Å². The lowest BCUT2D eigenvalue weighted by molar-refractivity contribution is -0.143. The lowest BCUT2D eigenvalue weighted by Gasteiger charge is -2.11. The van der Waals surface area contributed by atoms with E-state index in [9.17, 15) is 9.59 Å². The fourth-order valence-corrected chi connectivity index (χ4v) is 2.34. The predicted octanol–water partition coefficient (Wildman–Crippen LogP) is 0.646. The average molecular weight is 320 g/mol. The van der Waals surface area contributed by atoms with Crippen LogP contribution in [0.1, 0.15) is 5.56 Å². The lowest BCUT2D eigenvalue weighted by atomic mass is 10.1. The molecule has 1 aromatic rings. The fraction of sp³-hybridized carbons (Fsp3) is 0.214. The van der Waals surface area contributed by atoms with E-state index in [0.29, 0.717) is 11.5 Å². The normalized spacial score (nSPS) is 17.9. The number of esters is 1. The zero-order valence-electron chi connectivity index (χ0n) is 11.6. The van der Waals surface area contributed by atoms with E-state index in [-0.39, 0.29) is 30.1 Å². The molecule has 2 aliphatic rings. The molecule has 1 aromatic carbocycles. The molecule has 22 heavy (non-hydrogen) atoms. The van der Waals surface area contributed by atoms with Crippen LogP contribution in [0, 0.1) is 0 Å². The van der Waals surface area contributed by atoms with Gasteiger partial charge in [-0.1, -0.05) is 6.07 Å². The lowest BCUT2D eigenvalue weighted by Crippen LogP contribution is -2.35. The highest BCUT2D eigenvalue weighted by atomic mass is 32.1. The summed E-state index contributed by atoms with van der Waals surface area (Å²) in [6.45, 7) is -0.0385. The summed E-state index contributed by atoms with van der Waals surface area (Å²) in [4.78, 5) is 24.7. The van der Waals surface area contributed by atoms with E-state index in [1.165, 1.54) is 7.11 Å². The van der Waals surface area contributed by atoms with Gasteiger partial charge in [-0.15, -0.1) is 0 Å². The molecule has 0 spiro atoms. The Labute approximate surface area is 131 Å². The minimum Gasteiger partial charge on any atom is -0.468 e. The third-order valence-corrected chi connectivity index (χ3v) is 3.51. The first-order valence-electron chi connectivity index (χ1n) is 6.39. The Bertz CT molecular complexity index is 700. The number of hydrogen-bond donors (Lipinski definition) is 1. The Balaban J connectivity index is 1.82. The first kappa shape index (κ1) is 14.3. The Kier molecular flexibility index (Phi) is 3.68. The number of fused-ring (bicyclic) bond motifs is 1. The van der Waals surface area contributed by atoms with Gasteiger partial charge in [0, 0.05) is 0 Å². The molecule has 1 saturated heterocycles. The number of benzene rings is 1. The predicted molar refractivity (Wildman–Crippen MR) is 80.0 cm³/mol. The van der Waals surface area contributed by atoms with E-state index in [1.54, 1.807) is 24.3 Å². The number of nitrogens with zero attached hydrogens (tertiary/aromatic N) is 1. The maximum atomic E-state index is 12.2. The van der Waals surface area contributed by atoms with Crippen molar-refractivity contribution in [3.63, 3.8) is 0 Å². The number of carbonyl (C=O) groups excluding carboxylic acids is 2. The minimum atomic E-state index is -0.540. The second-order valence-electron chi connectivity index (χ2n) is 4.57. The van der Waals surface area contributed by atoms with E-state index in [1.807, 2.05) is 0 Å². The molecule has 8 heteroatoms. The van der Waals surface area contributed by atoms with Gasteiger partial charge in [0.25, 0.3) is 5.91 Å². The smallest absolute Gasteiger partial charge is 0.325 e. The summed E-state index contributed by atoms with van der Waals surface area (Å²) in [5.41, 5.74) is 1.04. The minimum absolute atomic E-state index is 0.169. The van der Waals surface area contributed by atoms with Gasteiger partial charge in [-0.25, -0.2) is 0 Å². The number of ether oxygens (including phenoxy) is 3. The maximum absolute atomic E-state index is 12.2. The third kappa shape index (κ3) is 2.60. The number of nitrogens with one attached hydrogen (secondary N) is 1. The molecule has 2 aliphatic heterocycles. The molecular weight excluding hydrogens is 308 g/mol. The van der Waals surface area contributed by atoms with Crippen LogP contribution in [-0.2, 0) is 14.3 Å². The Morgan fingerprint density at radius 3 is 3.00 bits per heavy atom. The SMILES string of the molecule is COC(=O)CN1C(=O)/C(=C/c2ccc3c(c2)OCO3)NC1=S. The Hall–Kier alpha value is -2.61. The third-order valence-electron chi connectivity index (χ3n) is 3.18. The molecule has 0 radical (unpaired) electrons. The highest BCUT2D eigenvalue weighted by molar-refractivity contribution is 7.80. The van der Waals surface area contributed by atoms with Crippen molar-refractivity contribution < 1.29 is 23.8 Å². The van der Waals surface area contributed by atoms with Crippen molar-refractivity contribution in [1.29, 1.82) is 0 Å². The number of methoxy groups -OCH3 is 1. The van der Waals surface area contributed by atoms with Crippen molar-refractivity contribution in [1.82, 2.24) is 10.2 Å². The van der Waals surface area contributed by atoms with Crippen molar-refractivity contribution in [2.75, 3.05) is 20.4 Å². The van der Waals surface area contributed by atoms with Crippen LogP contribution in [-0.4, -0.2) is 42.3 Å². The van der Waals surface area contributed by atoms with Crippen LogP contribution >= 0.6 is 12.2 Å². The quantitative estimate of drug-likeness (QED) is 0.498. The van der Waals surface area contributed by atoms with Crippen molar-refractivity contribution in [3.05, 3.63) is 29.5 Å². The molecule has 2 heterocycles. The molecule has 1 fully saturated rings. The Morgan fingerprint density at radius 1 is 1.45 bits per heavy atom. The van der Waals surface area contributed by atoms with Gasteiger partial charge in [-0.3, -0.25) is 14.5 Å². The molecule has 1 amide bonds. The van der Waals surface area contributed by atoms with Crippen molar-refractivity contribution in [2.24, 2.45) is 0 Å². The van der Waals surface area contributed by atoms with E-state index >= 15 is 0 Å². The maximum Gasteiger partial charge on any atom is 0.325 e. The number of thiocarbonyl (C=S) groups is 1. The molecule has 1 N–H and O–H groups in total. The number of hydrogen-bond acceptors (Lipinski definition) is 6. The highest BCUT2D eigenvalue weighted by Gasteiger charge is 2.32. The van der Waals surface area contributed by atoms with Crippen LogP contribution in [0.15, 0.2) is 23.9 Å². The fourth-order valence-electron chi connectivity index (χ4n) is 2.08. The first-order valence-corrected chi connectivity index (χ1v) is 6.80. The molecule has 0 aliphatic carbocycles. The molecule has 7 nitrogen and oxygen atoms in total. The largest absolute Gasteiger partial charge is 0.468 e. The summed E-state index contributed by atoms with van der Waals surface area (Å²) < 4.78 is 15.1. The average Bonchev–Trinajstić information content (AvgIpc) is 3.07. The summed E-state index contributed by atoms with van der Waals surface area (Å²) in [6.07, 6.45) is 1.63. The van der Waals surface area contributed by atoms with Crippen LogP contribution in [0.4, 0.5) is 0 Å².